The minimum atomic E-state index is 0.0926. The summed E-state index contributed by atoms with van der Waals surface area (Å²) < 4.78 is 5.39. The van der Waals surface area contributed by atoms with Gasteiger partial charge in [0.2, 0.25) is 5.91 Å². The number of aryl methyl sites for hydroxylation is 1. The number of fused-ring (bicyclic) bond motifs is 1. The van der Waals surface area contributed by atoms with Crippen LogP contribution in [0.1, 0.15) is 34.5 Å². The van der Waals surface area contributed by atoms with Crippen LogP contribution < -0.4 is 5.32 Å². The lowest BCUT2D eigenvalue weighted by Crippen LogP contribution is -2.30. The van der Waals surface area contributed by atoms with Crippen LogP contribution in [0.25, 0.3) is 0 Å². The molecule has 0 bridgehead atoms. The third kappa shape index (κ3) is 2.68. The molecule has 2 heterocycles. The number of nitrogens with one attached hydrogen (secondary N) is 1. The zero-order chi connectivity index (χ0) is 14.9. The summed E-state index contributed by atoms with van der Waals surface area (Å²) in [7, 11) is 0. The molecule has 2 aliphatic rings. The first-order valence-corrected chi connectivity index (χ1v) is 8.88. The quantitative estimate of drug-likeness (QED) is 0.939. The topological polar surface area (TPSA) is 42.2 Å². The van der Waals surface area contributed by atoms with Gasteiger partial charge in [-0.25, -0.2) is 0 Å². The Morgan fingerprint density at radius 3 is 3.05 bits per heavy atom. The molecule has 4 heteroatoms. The van der Waals surface area contributed by atoms with E-state index in [9.17, 15) is 4.79 Å². The first-order chi connectivity index (χ1) is 10.8. The van der Waals surface area contributed by atoms with Gasteiger partial charge < -0.3 is 9.73 Å². The molecular formula is C18H19NO2S. The predicted octanol–water partition coefficient (Wildman–Crippen LogP) is 3.53. The van der Waals surface area contributed by atoms with E-state index < -0.39 is 0 Å². The highest BCUT2D eigenvalue weighted by Crippen LogP contribution is 2.47. The third-order valence-electron chi connectivity index (χ3n) is 4.59. The summed E-state index contributed by atoms with van der Waals surface area (Å²) in [5, 5.41) is 3.53. The Hall–Kier alpha value is -1.68. The lowest BCUT2D eigenvalue weighted by Gasteiger charge is -2.25. The lowest BCUT2D eigenvalue weighted by molar-refractivity contribution is -0.122. The van der Waals surface area contributed by atoms with Gasteiger partial charge in [0.15, 0.2) is 0 Å². The summed E-state index contributed by atoms with van der Waals surface area (Å²) in [5.41, 5.74) is 2.82. The van der Waals surface area contributed by atoms with Gasteiger partial charge >= 0.3 is 0 Å². The van der Waals surface area contributed by atoms with Crippen LogP contribution in [-0.4, -0.2) is 18.2 Å². The maximum Gasteiger partial charge on any atom is 0.223 e. The van der Waals surface area contributed by atoms with Crippen molar-refractivity contribution in [1.82, 2.24) is 5.32 Å². The zero-order valence-corrected chi connectivity index (χ0v) is 13.1. The van der Waals surface area contributed by atoms with Gasteiger partial charge in [0.1, 0.15) is 5.76 Å². The Balaban J connectivity index is 1.35. The minimum absolute atomic E-state index is 0.0926. The van der Waals surface area contributed by atoms with Crippen molar-refractivity contribution in [2.24, 2.45) is 5.92 Å². The van der Waals surface area contributed by atoms with Gasteiger partial charge in [0.25, 0.3) is 0 Å². The normalized spacial score (nSPS) is 26.3. The summed E-state index contributed by atoms with van der Waals surface area (Å²) in [6.45, 7) is 0.724. The highest BCUT2D eigenvalue weighted by molar-refractivity contribution is 7.99. The Bertz CT molecular complexity index is 667. The molecule has 3 atom stereocenters. The predicted molar refractivity (Wildman–Crippen MR) is 87.9 cm³/mol. The van der Waals surface area contributed by atoms with Crippen LogP contribution >= 0.6 is 11.8 Å². The van der Waals surface area contributed by atoms with Crippen molar-refractivity contribution in [1.29, 1.82) is 0 Å². The SMILES string of the molecule is O=C(NC[C@@H]1SCCc2ccccc21)[C@H]1C[C@H]1c1ccco1. The van der Waals surface area contributed by atoms with Crippen molar-refractivity contribution in [2.45, 2.75) is 24.0 Å². The maximum atomic E-state index is 12.3. The van der Waals surface area contributed by atoms with Gasteiger partial charge in [-0.2, -0.15) is 11.8 Å². The summed E-state index contributed by atoms with van der Waals surface area (Å²) in [6.07, 6.45) is 3.72. The second-order valence-corrected chi connectivity index (χ2v) is 7.33. The van der Waals surface area contributed by atoms with Crippen LogP contribution in [0.15, 0.2) is 47.1 Å². The largest absolute Gasteiger partial charge is 0.469 e. The molecule has 2 aromatic rings. The molecule has 0 spiro atoms. The fraction of sp³-hybridized carbons (Fsp3) is 0.389. The van der Waals surface area contributed by atoms with Crippen LogP contribution in [0, 0.1) is 5.92 Å². The van der Waals surface area contributed by atoms with Crippen molar-refractivity contribution < 1.29 is 9.21 Å². The van der Waals surface area contributed by atoms with Gasteiger partial charge in [0, 0.05) is 23.6 Å². The molecule has 1 saturated carbocycles. The molecule has 22 heavy (non-hydrogen) atoms. The average Bonchev–Trinajstić information content (AvgIpc) is 3.18. The van der Waals surface area contributed by atoms with Crippen LogP contribution in [0.2, 0.25) is 0 Å². The van der Waals surface area contributed by atoms with Crippen LogP contribution in [0.4, 0.5) is 0 Å². The number of amides is 1. The summed E-state index contributed by atoms with van der Waals surface area (Å²) in [4.78, 5) is 12.3. The number of hydrogen-bond donors (Lipinski definition) is 1. The van der Waals surface area contributed by atoms with E-state index in [1.807, 2.05) is 23.9 Å². The van der Waals surface area contributed by atoms with E-state index in [1.54, 1.807) is 6.26 Å². The molecule has 1 aliphatic carbocycles. The molecule has 4 rings (SSSR count). The fourth-order valence-electron chi connectivity index (χ4n) is 3.27. The second-order valence-electron chi connectivity index (χ2n) is 6.02. The van der Waals surface area contributed by atoms with Crippen molar-refractivity contribution in [3.05, 3.63) is 59.5 Å². The van der Waals surface area contributed by atoms with E-state index in [4.69, 9.17) is 4.42 Å². The van der Waals surface area contributed by atoms with E-state index in [1.165, 1.54) is 11.1 Å². The molecule has 1 aliphatic heterocycles. The molecule has 1 aromatic heterocycles. The first kappa shape index (κ1) is 13.9. The lowest BCUT2D eigenvalue weighted by atomic mass is 10.0. The van der Waals surface area contributed by atoms with Gasteiger partial charge in [-0.05, 0) is 41.9 Å². The average molecular weight is 313 g/mol. The monoisotopic (exact) mass is 313 g/mol. The van der Waals surface area contributed by atoms with Gasteiger partial charge in [0.05, 0.1) is 6.26 Å². The Morgan fingerprint density at radius 1 is 1.27 bits per heavy atom. The second kappa shape index (κ2) is 5.84. The molecule has 0 saturated heterocycles. The molecule has 1 amide bonds. The summed E-state index contributed by atoms with van der Waals surface area (Å²) >= 11 is 1.95. The summed E-state index contributed by atoms with van der Waals surface area (Å²) in [5.74, 6) is 2.62. The number of thioether (sulfide) groups is 1. The van der Waals surface area contributed by atoms with Crippen molar-refractivity contribution in [3.63, 3.8) is 0 Å². The highest BCUT2D eigenvalue weighted by Gasteiger charge is 2.45. The molecule has 0 radical (unpaired) electrons. The molecule has 1 fully saturated rings. The maximum absolute atomic E-state index is 12.3. The van der Waals surface area contributed by atoms with Crippen molar-refractivity contribution in [3.8, 4) is 0 Å². The van der Waals surface area contributed by atoms with Gasteiger partial charge in [-0.3, -0.25) is 4.79 Å². The molecule has 3 nitrogen and oxygen atoms in total. The molecule has 0 unspecified atom stereocenters. The molecule has 114 valence electrons. The van der Waals surface area contributed by atoms with Gasteiger partial charge in [-0.15, -0.1) is 0 Å². The minimum Gasteiger partial charge on any atom is -0.469 e. The number of furan rings is 1. The first-order valence-electron chi connectivity index (χ1n) is 7.83. The van der Waals surface area contributed by atoms with E-state index in [2.05, 4.69) is 29.6 Å². The number of rotatable bonds is 4. The number of carbonyl (C=O) groups is 1. The number of benzene rings is 1. The number of hydrogen-bond acceptors (Lipinski definition) is 3. The third-order valence-corrected chi connectivity index (χ3v) is 5.85. The smallest absolute Gasteiger partial charge is 0.223 e. The zero-order valence-electron chi connectivity index (χ0n) is 12.3. The van der Waals surface area contributed by atoms with Gasteiger partial charge in [-0.1, -0.05) is 24.3 Å². The van der Waals surface area contributed by atoms with E-state index in [-0.39, 0.29) is 17.7 Å². The van der Waals surface area contributed by atoms with E-state index in [0.717, 1.165) is 30.9 Å². The molecule has 1 N–H and O–H groups in total. The highest BCUT2D eigenvalue weighted by atomic mass is 32.2. The molecular weight excluding hydrogens is 294 g/mol. The van der Waals surface area contributed by atoms with Crippen LogP contribution in [0.3, 0.4) is 0 Å². The molecule has 1 aromatic carbocycles. The van der Waals surface area contributed by atoms with Crippen molar-refractivity contribution in [2.75, 3.05) is 12.3 Å². The van der Waals surface area contributed by atoms with Crippen LogP contribution in [-0.2, 0) is 11.2 Å². The van der Waals surface area contributed by atoms with Crippen molar-refractivity contribution >= 4 is 17.7 Å². The number of carbonyl (C=O) groups excluding carboxylic acids is 1. The van der Waals surface area contributed by atoms with Crippen LogP contribution in [0.5, 0.6) is 0 Å². The standard InChI is InChI=1S/C18H19NO2S/c20-18(15-10-14(15)16-6-3-8-21-16)19-11-17-13-5-2-1-4-12(13)7-9-22-17/h1-6,8,14-15,17H,7,9-11H2,(H,19,20)/t14-,15+,17+/m1/s1. The van der Waals surface area contributed by atoms with E-state index in [0.29, 0.717) is 5.25 Å². The Kier molecular flexibility index (Phi) is 3.70. The fourth-order valence-corrected chi connectivity index (χ4v) is 4.50. The Morgan fingerprint density at radius 2 is 2.18 bits per heavy atom. The summed E-state index contributed by atoms with van der Waals surface area (Å²) in [6, 6.07) is 12.4. The van der Waals surface area contributed by atoms with E-state index >= 15 is 0 Å². The Labute approximate surface area is 134 Å².